The molecule has 4 nitrogen and oxygen atoms in total. The zero-order valence-electron chi connectivity index (χ0n) is 12.8. The van der Waals surface area contributed by atoms with E-state index >= 15 is 0 Å². The van der Waals surface area contributed by atoms with Gasteiger partial charge < -0.3 is 9.73 Å². The molecular weight excluding hydrogens is 250 g/mol. The summed E-state index contributed by atoms with van der Waals surface area (Å²) in [7, 11) is 1.98. The summed E-state index contributed by atoms with van der Waals surface area (Å²) < 4.78 is 5.91. The molecule has 0 aliphatic carbocycles. The predicted molar refractivity (Wildman–Crippen MR) is 80.7 cm³/mol. The van der Waals surface area contributed by atoms with E-state index in [0.29, 0.717) is 0 Å². The lowest BCUT2D eigenvalue weighted by Gasteiger charge is -2.43. The van der Waals surface area contributed by atoms with Gasteiger partial charge in [0.1, 0.15) is 11.5 Å². The number of piperidine rings is 1. The minimum atomic E-state index is 0.783. The number of fused-ring (bicyclic) bond motifs is 1. The Morgan fingerprint density at radius 3 is 3.05 bits per heavy atom. The van der Waals surface area contributed by atoms with Crippen LogP contribution in [0.2, 0.25) is 0 Å². The molecule has 2 aliphatic rings. The molecule has 2 saturated heterocycles. The molecule has 1 unspecified atom stereocenters. The molecule has 0 bridgehead atoms. The number of piperazine rings is 1. The minimum Gasteiger partial charge on any atom is -0.465 e. The second-order valence-electron chi connectivity index (χ2n) is 6.25. The zero-order chi connectivity index (χ0) is 13.9. The van der Waals surface area contributed by atoms with Gasteiger partial charge in [0.2, 0.25) is 0 Å². The van der Waals surface area contributed by atoms with Gasteiger partial charge in [-0.3, -0.25) is 9.80 Å². The van der Waals surface area contributed by atoms with Crippen molar-refractivity contribution in [3.63, 3.8) is 0 Å². The van der Waals surface area contributed by atoms with E-state index in [1.165, 1.54) is 51.0 Å². The molecule has 1 N–H and O–H groups in total. The first kappa shape index (κ1) is 14.1. The van der Waals surface area contributed by atoms with Crippen LogP contribution < -0.4 is 5.32 Å². The highest BCUT2D eigenvalue weighted by Gasteiger charge is 2.29. The number of hydrogen-bond acceptors (Lipinski definition) is 4. The maximum atomic E-state index is 5.91. The van der Waals surface area contributed by atoms with Crippen LogP contribution in [0.1, 0.15) is 36.3 Å². The van der Waals surface area contributed by atoms with Crippen molar-refractivity contribution in [3.8, 4) is 0 Å². The highest BCUT2D eigenvalue weighted by Crippen LogP contribution is 2.23. The minimum absolute atomic E-state index is 0.783. The van der Waals surface area contributed by atoms with Crippen LogP contribution in [0.3, 0.4) is 0 Å². The fourth-order valence-corrected chi connectivity index (χ4v) is 3.62. The number of aryl methyl sites for hydroxylation is 1. The van der Waals surface area contributed by atoms with Crippen molar-refractivity contribution in [1.29, 1.82) is 0 Å². The van der Waals surface area contributed by atoms with Crippen LogP contribution in [0, 0.1) is 6.92 Å². The standard InChI is InChI=1S/C16H27N3O/c1-13-14(10-17-2)9-16(20-13)12-18-7-8-19-6-4-3-5-15(19)11-18/h9,15,17H,3-8,10-12H2,1-2H3. The van der Waals surface area contributed by atoms with E-state index in [9.17, 15) is 0 Å². The van der Waals surface area contributed by atoms with Gasteiger partial charge in [0.05, 0.1) is 6.54 Å². The van der Waals surface area contributed by atoms with Crippen LogP contribution in [-0.4, -0.2) is 49.1 Å². The maximum Gasteiger partial charge on any atom is 0.118 e. The largest absolute Gasteiger partial charge is 0.465 e. The SMILES string of the molecule is CNCc1cc(CN2CCN3CCCCC3C2)oc1C. The summed E-state index contributed by atoms with van der Waals surface area (Å²) in [5.41, 5.74) is 1.29. The van der Waals surface area contributed by atoms with Crippen molar-refractivity contribution < 1.29 is 4.42 Å². The zero-order valence-corrected chi connectivity index (χ0v) is 12.8. The molecule has 1 atom stereocenters. The summed E-state index contributed by atoms with van der Waals surface area (Å²) in [6.45, 7) is 8.85. The summed E-state index contributed by atoms with van der Waals surface area (Å²) in [5.74, 6) is 2.18. The van der Waals surface area contributed by atoms with Crippen LogP contribution in [0.5, 0.6) is 0 Å². The third kappa shape index (κ3) is 3.08. The number of nitrogens with one attached hydrogen (secondary N) is 1. The molecule has 2 aliphatic heterocycles. The van der Waals surface area contributed by atoms with E-state index in [1.54, 1.807) is 0 Å². The summed E-state index contributed by atoms with van der Waals surface area (Å²) in [6, 6.07) is 3.00. The van der Waals surface area contributed by atoms with Crippen LogP contribution in [0.25, 0.3) is 0 Å². The lowest BCUT2D eigenvalue weighted by atomic mass is 9.99. The van der Waals surface area contributed by atoms with E-state index in [0.717, 1.165) is 30.7 Å². The van der Waals surface area contributed by atoms with Gasteiger partial charge in [-0.2, -0.15) is 0 Å². The van der Waals surface area contributed by atoms with Gasteiger partial charge in [-0.15, -0.1) is 0 Å². The molecule has 20 heavy (non-hydrogen) atoms. The molecule has 1 aromatic rings. The average molecular weight is 277 g/mol. The van der Waals surface area contributed by atoms with Gasteiger partial charge in [0.25, 0.3) is 0 Å². The van der Waals surface area contributed by atoms with Crippen molar-refractivity contribution >= 4 is 0 Å². The molecule has 0 radical (unpaired) electrons. The molecule has 2 fully saturated rings. The number of hydrogen-bond donors (Lipinski definition) is 1. The first-order valence-electron chi connectivity index (χ1n) is 7.95. The van der Waals surface area contributed by atoms with Gasteiger partial charge in [-0.1, -0.05) is 6.42 Å². The molecular formula is C16H27N3O. The third-order valence-electron chi connectivity index (χ3n) is 4.74. The van der Waals surface area contributed by atoms with E-state index in [4.69, 9.17) is 4.42 Å². The van der Waals surface area contributed by atoms with E-state index in [1.807, 2.05) is 7.05 Å². The Hall–Kier alpha value is -0.840. The second kappa shape index (κ2) is 6.29. The highest BCUT2D eigenvalue weighted by molar-refractivity contribution is 5.20. The molecule has 3 rings (SSSR count). The fourth-order valence-electron chi connectivity index (χ4n) is 3.62. The van der Waals surface area contributed by atoms with Crippen molar-refractivity contribution in [1.82, 2.24) is 15.1 Å². The molecule has 112 valence electrons. The van der Waals surface area contributed by atoms with Gasteiger partial charge >= 0.3 is 0 Å². The van der Waals surface area contributed by atoms with E-state index in [-0.39, 0.29) is 0 Å². The topological polar surface area (TPSA) is 31.6 Å². The predicted octanol–water partition coefficient (Wildman–Crippen LogP) is 1.98. The van der Waals surface area contributed by atoms with Gasteiger partial charge in [0, 0.05) is 37.8 Å². The van der Waals surface area contributed by atoms with Crippen molar-refractivity contribution in [3.05, 3.63) is 23.2 Å². The Morgan fingerprint density at radius 1 is 1.30 bits per heavy atom. The summed E-state index contributed by atoms with van der Waals surface area (Å²) in [4.78, 5) is 5.24. The Balaban J connectivity index is 1.59. The van der Waals surface area contributed by atoms with Gasteiger partial charge in [-0.25, -0.2) is 0 Å². The van der Waals surface area contributed by atoms with Crippen molar-refractivity contribution in [2.45, 2.75) is 45.3 Å². The summed E-state index contributed by atoms with van der Waals surface area (Å²) in [5, 5.41) is 3.20. The monoisotopic (exact) mass is 277 g/mol. The first-order valence-corrected chi connectivity index (χ1v) is 7.95. The lowest BCUT2D eigenvalue weighted by molar-refractivity contribution is 0.0425. The Kier molecular flexibility index (Phi) is 4.44. The molecule has 4 heteroatoms. The number of rotatable bonds is 4. The van der Waals surface area contributed by atoms with Crippen LogP contribution in [-0.2, 0) is 13.1 Å². The summed E-state index contributed by atoms with van der Waals surface area (Å²) in [6.07, 6.45) is 4.17. The van der Waals surface area contributed by atoms with Crippen LogP contribution in [0.15, 0.2) is 10.5 Å². The Labute approximate surface area is 122 Å². The fraction of sp³-hybridized carbons (Fsp3) is 0.750. The Morgan fingerprint density at radius 2 is 2.20 bits per heavy atom. The molecule has 0 saturated carbocycles. The molecule has 0 amide bonds. The maximum absolute atomic E-state index is 5.91. The third-order valence-corrected chi connectivity index (χ3v) is 4.74. The smallest absolute Gasteiger partial charge is 0.118 e. The van der Waals surface area contributed by atoms with Crippen molar-refractivity contribution in [2.75, 3.05) is 33.2 Å². The molecule has 3 heterocycles. The lowest BCUT2D eigenvalue weighted by Crippen LogP contribution is -2.54. The second-order valence-corrected chi connectivity index (χ2v) is 6.25. The molecule has 0 aromatic carbocycles. The normalized spacial score (nSPS) is 24.8. The summed E-state index contributed by atoms with van der Waals surface area (Å²) >= 11 is 0. The van der Waals surface area contributed by atoms with E-state index in [2.05, 4.69) is 28.1 Å². The number of nitrogens with zero attached hydrogens (tertiary/aromatic N) is 2. The Bertz CT molecular complexity index is 443. The number of furan rings is 1. The first-order chi connectivity index (χ1) is 9.76. The van der Waals surface area contributed by atoms with Crippen molar-refractivity contribution in [2.24, 2.45) is 0 Å². The van der Waals surface area contributed by atoms with Crippen LogP contribution in [0.4, 0.5) is 0 Å². The van der Waals surface area contributed by atoms with Gasteiger partial charge in [0.15, 0.2) is 0 Å². The van der Waals surface area contributed by atoms with Gasteiger partial charge in [-0.05, 0) is 39.4 Å². The highest BCUT2D eigenvalue weighted by atomic mass is 16.3. The average Bonchev–Trinajstić information content (AvgIpc) is 2.79. The van der Waals surface area contributed by atoms with E-state index < -0.39 is 0 Å². The molecule has 1 aromatic heterocycles. The van der Waals surface area contributed by atoms with Crippen LogP contribution >= 0.6 is 0 Å². The quantitative estimate of drug-likeness (QED) is 0.912. The molecule has 0 spiro atoms.